The number of ether oxygens (including phenoxy) is 3. The monoisotopic (exact) mass is 314 g/mol. The second kappa shape index (κ2) is 6.87. The number of carbonyl (C=O) groups is 1. The molecule has 0 saturated carbocycles. The fourth-order valence-electron chi connectivity index (χ4n) is 2.33. The minimum absolute atomic E-state index is 0.0484. The van der Waals surface area contributed by atoms with Crippen LogP contribution in [0.5, 0.6) is 17.2 Å². The lowest BCUT2D eigenvalue weighted by atomic mass is 9.94. The SMILES string of the molecule is C=C(C(=O)OC)c1c(O)cccc1-c1ccc(OC)c(OC)c1. The molecule has 5 heteroatoms. The molecule has 2 aromatic rings. The number of esters is 1. The van der Waals surface area contributed by atoms with Gasteiger partial charge in [0, 0.05) is 5.56 Å². The second-order valence-electron chi connectivity index (χ2n) is 4.74. The summed E-state index contributed by atoms with van der Waals surface area (Å²) in [6.07, 6.45) is 0. The number of hydrogen-bond donors (Lipinski definition) is 1. The third kappa shape index (κ3) is 3.13. The normalized spacial score (nSPS) is 10.0. The van der Waals surface area contributed by atoms with E-state index in [1.807, 2.05) is 6.07 Å². The number of methoxy groups -OCH3 is 3. The Bertz CT molecular complexity index is 749. The van der Waals surface area contributed by atoms with Crippen LogP contribution in [-0.2, 0) is 9.53 Å². The molecular weight excluding hydrogens is 296 g/mol. The van der Waals surface area contributed by atoms with Gasteiger partial charge in [0.2, 0.25) is 0 Å². The third-order valence-corrected chi connectivity index (χ3v) is 3.47. The lowest BCUT2D eigenvalue weighted by Gasteiger charge is -2.14. The van der Waals surface area contributed by atoms with Crippen molar-refractivity contribution in [3.8, 4) is 28.4 Å². The highest BCUT2D eigenvalue weighted by molar-refractivity contribution is 6.18. The average Bonchev–Trinajstić information content (AvgIpc) is 2.59. The van der Waals surface area contributed by atoms with Gasteiger partial charge < -0.3 is 19.3 Å². The topological polar surface area (TPSA) is 65.0 Å². The lowest BCUT2D eigenvalue weighted by molar-refractivity contribution is -0.133. The molecule has 0 aromatic heterocycles. The van der Waals surface area contributed by atoms with E-state index in [0.717, 1.165) is 5.56 Å². The van der Waals surface area contributed by atoms with Crippen molar-refractivity contribution in [1.29, 1.82) is 0 Å². The van der Waals surface area contributed by atoms with E-state index in [-0.39, 0.29) is 11.3 Å². The van der Waals surface area contributed by atoms with Gasteiger partial charge in [0.1, 0.15) is 5.75 Å². The molecule has 0 bridgehead atoms. The zero-order chi connectivity index (χ0) is 17.0. The van der Waals surface area contributed by atoms with Crippen molar-refractivity contribution in [3.63, 3.8) is 0 Å². The minimum atomic E-state index is -0.603. The number of benzene rings is 2. The molecule has 0 aliphatic heterocycles. The standard InChI is InChI=1S/C18H18O5/c1-11(18(20)23-4)17-13(6-5-7-14(17)19)12-8-9-15(21-2)16(10-12)22-3/h5-10,19H,1H2,2-4H3. The molecule has 0 heterocycles. The molecule has 23 heavy (non-hydrogen) atoms. The summed E-state index contributed by atoms with van der Waals surface area (Å²) in [7, 11) is 4.36. The fraction of sp³-hybridized carbons (Fsp3) is 0.167. The zero-order valence-electron chi connectivity index (χ0n) is 13.3. The Morgan fingerprint density at radius 1 is 1.04 bits per heavy atom. The van der Waals surface area contributed by atoms with Gasteiger partial charge in [-0.2, -0.15) is 0 Å². The van der Waals surface area contributed by atoms with Crippen LogP contribution in [0.1, 0.15) is 5.56 Å². The van der Waals surface area contributed by atoms with Crippen molar-refractivity contribution in [1.82, 2.24) is 0 Å². The van der Waals surface area contributed by atoms with Crippen LogP contribution in [0.3, 0.4) is 0 Å². The smallest absolute Gasteiger partial charge is 0.338 e. The maximum atomic E-state index is 11.8. The number of carbonyl (C=O) groups excluding carboxylic acids is 1. The lowest BCUT2D eigenvalue weighted by Crippen LogP contribution is -2.04. The maximum absolute atomic E-state index is 11.8. The van der Waals surface area contributed by atoms with E-state index in [4.69, 9.17) is 14.2 Å². The number of phenolic OH excluding ortho intramolecular Hbond substituents is 1. The number of aromatic hydroxyl groups is 1. The largest absolute Gasteiger partial charge is 0.507 e. The Labute approximate surface area is 134 Å². The van der Waals surface area contributed by atoms with Gasteiger partial charge in [0.05, 0.1) is 26.9 Å². The molecule has 0 aliphatic rings. The van der Waals surface area contributed by atoms with Crippen molar-refractivity contribution in [3.05, 3.63) is 48.5 Å². The molecule has 2 aromatic carbocycles. The van der Waals surface area contributed by atoms with Crippen molar-refractivity contribution in [2.45, 2.75) is 0 Å². The summed E-state index contributed by atoms with van der Waals surface area (Å²) in [5, 5.41) is 10.2. The van der Waals surface area contributed by atoms with Crippen LogP contribution in [0.2, 0.25) is 0 Å². The number of rotatable bonds is 5. The Kier molecular flexibility index (Phi) is 4.91. The summed E-state index contributed by atoms with van der Waals surface area (Å²) >= 11 is 0. The molecule has 0 spiro atoms. The van der Waals surface area contributed by atoms with Gasteiger partial charge in [-0.25, -0.2) is 4.79 Å². The van der Waals surface area contributed by atoms with Gasteiger partial charge >= 0.3 is 5.97 Å². The van der Waals surface area contributed by atoms with Crippen molar-refractivity contribution in [2.75, 3.05) is 21.3 Å². The summed E-state index contributed by atoms with van der Waals surface area (Å²) < 4.78 is 15.2. The summed E-state index contributed by atoms with van der Waals surface area (Å²) in [6.45, 7) is 3.73. The summed E-state index contributed by atoms with van der Waals surface area (Å²) in [6, 6.07) is 10.3. The van der Waals surface area contributed by atoms with Crippen molar-refractivity contribution >= 4 is 11.5 Å². The van der Waals surface area contributed by atoms with E-state index < -0.39 is 5.97 Å². The second-order valence-corrected chi connectivity index (χ2v) is 4.74. The van der Waals surface area contributed by atoms with Gasteiger partial charge in [-0.3, -0.25) is 0 Å². The number of phenols is 1. The van der Waals surface area contributed by atoms with Crippen LogP contribution in [-0.4, -0.2) is 32.4 Å². The molecule has 0 fully saturated rings. The van der Waals surface area contributed by atoms with Crippen LogP contribution in [0.4, 0.5) is 0 Å². The van der Waals surface area contributed by atoms with E-state index in [0.29, 0.717) is 22.6 Å². The number of hydrogen-bond acceptors (Lipinski definition) is 5. The Hall–Kier alpha value is -2.95. The highest BCUT2D eigenvalue weighted by Crippen LogP contribution is 2.38. The summed E-state index contributed by atoms with van der Waals surface area (Å²) in [5.41, 5.74) is 1.79. The van der Waals surface area contributed by atoms with Gasteiger partial charge in [-0.05, 0) is 29.3 Å². The third-order valence-electron chi connectivity index (χ3n) is 3.47. The van der Waals surface area contributed by atoms with Gasteiger partial charge in [-0.1, -0.05) is 24.8 Å². The first kappa shape index (κ1) is 16.4. The Morgan fingerprint density at radius 2 is 1.74 bits per heavy atom. The van der Waals surface area contributed by atoms with Crippen LogP contribution < -0.4 is 9.47 Å². The van der Waals surface area contributed by atoms with E-state index in [2.05, 4.69) is 6.58 Å². The van der Waals surface area contributed by atoms with Crippen LogP contribution in [0.25, 0.3) is 16.7 Å². The highest BCUT2D eigenvalue weighted by atomic mass is 16.5. The molecule has 0 amide bonds. The summed E-state index contributed by atoms with van der Waals surface area (Å²) in [4.78, 5) is 11.8. The molecule has 0 unspecified atom stereocenters. The molecule has 2 rings (SSSR count). The quantitative estimate of drug-likeness (QED) is 0.678. The maximum Gasteiger partial charge on any atom is 0.338 e. The Balaban J connectivity index is 2.63. The van der Waals surface area contributed by atoms with Gasteiger partial charge in [0.15, 0.2) is 11.5 Å². The van der Waals surface area contributed by atoms with Gasteiger partial charge in [-0.15, -0.1) is 0 Å². The molecule has 0 radical (unpaired) electrons. The highest BCUT2D eigenvalue weighted by Gasteiger charge is 2.19. The summed E-state index contributed by atoms with van der Waals surface area (Å²) in [5.74, 6) is 0.480. The Morgan fingerprint density at radius 3 is 2.35 bits per heavy atom. The van der Waals surface area contributed by atoms with E-state index in [9.17, 15) is 9.90 Å². The fourth-order valence-corrected chi connectivity index (χ4v) is 2.33. The first-order chi connectivity index (χ1) is 11.0. The van der Waals surface area contributed by atoms with E-state index >= 15 is 0 Å². The van der Waals surface area contributed by atoms with Crippen LogP contribution >= 0.6 is 0 Å². The molecule has 5 nitrogen and oxygen atoms in total. The van der Waals surface area contributed by atoms with Crippen LogP contribution in [0, 0.1) is 0 Å². The predicted molar refractivity (Wildman–Crippen MR) is 87.7 cm³/mol. The molecular formula is C18H18O5. The molecule has 120 valence electrons. The predicted octanol–water partition coefficient (Wildman–Crippen LogP) is 3.26. The molecule has 1 N–H and O–H groups in total. The van der Waals surface area contributed by atoms with Gasteiger partial charge in [0.25, 0.3) is 0 Å². The minimum Gasteiger partial charge on any atom is -0.507 e. The first-order valence-electron chi connectivity index (χ1n) is 6.85. The molecule has 0 atom stereocenters. The first-order valence-corrected chi connectivity index (χ1v) is 6.85. The van der Waals surface area contributed by atoms with Crippen molar-refractivity contribution < 1.29 is 24.1 Å². The molecule has 0 saturated heterocycles. The van der Waals surface area contributed by atoms with E-state index in [1.165, 1.54) is 13.2 Å². The zero-order valence-corrected chi connectivity index (χ0v) is 13.3. The van der Waals surface area contributed by atoms with Crippen LogP contribution in [0.15, 0.2) is 43.0 Å². The molecule has 0 aliphatic carbocycles. The van der Waals surface area contributed by atoms with Crippen molar-refractivity contribution in [2.24, 2.45) is 0 Å². The average molecular weight is 314 g/mol. The van der Waals surface area contributed by atoms with E-state index in [1.54, 1.807) is 38.5 Å².